The molecule has 0 atom stereocenters. The molecule has 30 heavy (non-hydrogen) atoms. The number of hydrogen-bond acceptors (Lipinski definition) is 0. The zero-order valence-electron chi connectivity index (χ0n) is 17.4. The molecule has 0 fully saturated rings. The first-order valence-electron chi connectivity index (χ1n) is 11.1. The first-order valence-corrected chi connectivity index (χ1v) is 11.1. The van der Waals surface area contributed by atoms with Crippen molar-refractivity contribution < 1.29 is 0 Å². The van der Waals surface area contributed by atoms with Crippen molar-refractivity contribution in [1.29, 1.82) is 0 Å². The van der Waals surface area contributed by atoms with Crippen LogP contribution in [0.4, 0.5) is 0 Å². The van der Waals surface area contributed by atoms with E-state index in [1.165, 1.54) is 33.4 Å². The van der Waals surface area contributed by atoms with Crippen molar-refractivity contribution in [3.63, 3.8) is 0 Å². The Morgan fingerprint density at radius 3 is 1.40 bits per heavy atom. The number of rotatable bonds is 4. The minimum Gasteiger partial charge on any atom is -0.0738 e. The van der Waals surface area contributed by atoms with Crippen LogP contribution >= 0.6 is 0 Å². The lowest BCUT2D eigenvalue weighted by Crippen LogP contribution is -2.02. The van der Waals surface area contributed by atoms with Gasteiger partial charge in [-0.15, -0.1) is 0 Å². The molecule has 0 nitrogen and oxygen atoms in total. The van der Waals surface area contributed by atoms with Crippen molar-refractivity contribution in [3.8, 4) is 0 Å². The van der Waals surface area contributed by atoms with Gasteiger partial charge < -0.3 is 0 Å². The average molecular weight is 389 g/mol. The summed E-state index contributed by atoms with van der Waals surface area (Å²) in [4.78, 5) is 0. The molecule has 2 aromatic carbocycles. The van der Waals surface area contributed by atoms with E-state index in [9.17, 15) is 0 Å². The van der Waals surface area contributed by atoms with Crippen molar-refractivity contribution in [1.82, 2.24) is 0 Å². The monoisotopic (exact) mass is 388 g/mol. The van der Waals surface area contributed by atoms with Crippen LogP contribution in [0.3, 0.4) is 0 Å². The molecule has 0 N–H and O–H groups in total. The summed E-state index contributed by atoms with van der Waals surface area (Å²) in [6.45, 7) is 0. The predicted molar refractivity (Wildman–Crippen MR) is 129 cm³/mol. The largest absolute Gasteiger partial charge is 0.0738 e. The summed E-state index contributed by atoms with van der Waals surface area (Å²) in [5.74, 6) is 0.872. The van der Waals surface area contributed by atoms with Crippen LogP contribution in [0.15, 0.2) is 97.2 Å². The third-order valence-corrected chi connectivity index (χ3v) is 6.34. The molecule has 0 aliphatic heterocycles. The minimum absolute atomic E-state index is 0.436. The standard InChI is InChI=1S/C30H28/c1-2-6-23(5-1)9-19-29-21-25-11-15-27(29)17-13-26-12-16-28(18-14-25)30(22-26)20-10-24-7-3-4-8-24/h1-12,15-16,19-24H,13-14,17-18H2/b19-9+,20-10+. The Balaban J connectivity index is 1.41. The van der Waals surface area contributed by atoms with Crippen LogP contribution in [0.5, 0.6) is 0 Å². The summed E-state index contributed by atoms with van der Waals surface area (Å²) >= 11 is 0. The number of aryl methyl sites for hydroxylation is 4. The first kappa shape index (κ1) is 18.9. The van der Waals surface area contributed by atoms with E-state index < -0.39 is 0 Å². The van der Waals surface area contributed by atoms with Gasteiger partial charge in [0.2, 0.25) is 0 Å². The maximum atomic E-state index is 2.41. The molecule has 0 aromatic heterocycles. The van der Waals surface area contributed by atoms with Crippen molar-refractivity contribution in [2.24, 2.45) is 11.8 Å². The van der Waals surface area contributed by atoms with Gasteiger partial charge in [0.25, 0.3) is 0 Å². The van der Waals surface area contributed by atoms with Crippen LogP contribution in [0.2, 0.25) is 0 Å². The van der Waals surface area contributed by atoms with Crippen LogP contribution < -0.4 is 0 Å². The molecule has 0 radical (unpaired) electrons. The quantitative estimate of drug-likeness (QED) is 0.525. The van der Waals surface area contributed by atoms with Crippen LogP contribution in [-0.4, -0.2) is 0 Å². The second-order valence-electron chi connectivity index (χ2n) is 8.48. The Labute approximate surface area is 180 Å². The number of allylic oxidation sites excluding steroid dienone is 10. The molecule has 0 heteroatoms. The van der Waals surface area contributed by atoms with E-state index >= 15 is 0 Å². The topological polar surface area (TPSA) is 0 Å². The van der Waals surface area contributed by atoms with Gasteiger partial charge in [-0.1, -0.05) is 109 Å². The molecule has 8 rings (SSSR count). The molecule has 0 saturated carbocycles. The van der Waals surface area contributed by atoms with Gasteiger partial charge in [0.15, 0.2) is 0 Å². The summed E-state index contributed by atoms with van der Waals surface area (Å²) in [5.41, 5.74) is 8.52. The van der Waals surface area contributed by atoms with Crippen molar-refractivity contribution in [3.05, 3.63) is 131 Å². The summed E-state index contributed by atoms with van der Waals surface area (Å²) in [6.07, 6.45) is 31.1. The highest BCUT2D eigenvalue weighted by molar-refractivity contribution is 5.59. The minimum atomic E-state index is 0.436. The van der Waals surface area contributed by atoms with Crippen LogP contribution in [0.25, 0.3) is 12.2 Å². The third-order valence-electron chi connectivity index (χ3n) is 6.34. The van der Waals surface area contributed by atoms with Crippen molar-refractivity contribution in [2.75, 3.05) is 0 Å². The Morgan fingerprint density at radius 2 is 0.967 bits per heavy atom. The lowest BCUT2D eigenvalue weighted by molar-refractivity contribution is 0.916. The first-order chi connectivity index (χ1) is 14.8. The highest BCUT2D eigenvalue weighted by atomic mass is 14.1. The van der Waals surface area contributed by atoms with E-state index in [4.69, 9.17) is 0 Å². The smallest absolute Gasteiger partial charge is 0.0136 e. The zero-order valence-corrected chi connectivity index (χ0v) is 17.4. The fraction of sp³-hybridized carbons (Fsp3) is 0.200. The lowest BCUT2D eigenvalue weighted by atomic mass is 9.90. The van der Waals surface area contributed by atoms with E-state index in [2.05, 4.69) is 109 Å². The normalized spacial score (nSPS) is 18.4. The second kappa shape index (κ2) is 8.71. The van der Waals surface area contributed by atoms with E-state index in [-0.39, 0.29) is 0 Å². The SMILES string of the molecule is C1=CC(/C=C/c2cc3ccc2CCc2ccc(c(/C=C/C4C=CC=C4)c2)CC3)C=C1. The van der Waals surface area contributed by atoms with Gasteiger partial charge >= 0.3 is 0 Å². The van der Waals surface area contributed by atoms with Gasteiger partial charge in [-0.2, -0.15) is 0 Å². The van der Waals surface area contributed by atoms with Gasteiger partial charge in [0, 0.05) is 11.8 Å². The molecule has 4 bridgehead atoms. The predicted octanol–water partition coefficient (Wildman–Crippen LogP) is 7.08. The van der Waals surface area contributed by atoms with Crippen LogP contribution in [-0.2, 0) is 25.7 Å². The average Bonchev–Trinajstić information content (AvgIpc) is 3.47. The highest BCUT2D eigenvalue weighted by Gasteiger charge is 2.10. The molecule has 0 unspecified atom stereocenters. The Kier molecular flexibility index (Phi) is 5.48. The highest BCUT2D eigenvalue weighted by Crippen LogP contribution is 2.24. The maximum Gasteiger partial charge on any atom is 0.0136 e. The fourth-order valence-corrected chi connectivity index (χ4v) is 4.51. The molecule has 6 aliphatic carbocycles. The van der Waals surface area contributed by atoms with E-state index in [0.717, 1.165) is 25.7 Å². The molecule has 0 heterocycles. The zero-order chi connectivity index (χ0) is 20.2. The summed E-state index contributed by atoms with van der Waals surface area (Å²) in [5, 5.41) is 0. The van der Waals surface area contributed by atoms with Crippen molar-refractivity contribution >= 4 is 12.2 Å². The fourth-order valence-electron chi connectivity index (χ4n) is 4.51. The molecule has 148 valence electrons. The third kappa shape index (κ3) is 4.39. The molecule has 0 spiro atoms. The molecule has 6 aliphatic rings. The molecular weight excluding hydrogens is 360 g/mol. The summed E-state index contributed by atoms with van der Waals surface area (Å²) in [7, 11) is 0. The number of hydrogen-bond donors (Lipinski definition) is 0. The van der Waals surface area contributed by atoms with E-state index in [1.807, 2.05) is 0 Å². The summed E-state index contributed by atoms with van der Waals surface area (Å²) < 4.78 is 0. The molecular formula is C30H28. The Hall–Kier alpha value is -3.12. The number of benzene rings is 2. The molecule has 0 saturated heterocycles. The van der Waals surface area contributed by atoms with Crippen LogP contribution in [0.1, 0.15) is 33.4 Å². The van der Waals surface area contributed by atoms with E-state index in [0.29, 0.717) is 11.8 Å². The summed E-state index contributed by atoms with van der Waals surface area (Å²) in [6, 6.07) is 14.2. The Bertz CT molecular complexity index is 987. The molecule has 0 amide bonds. The van der Waals surface area contributed by atoms with Crippen molar-refractivity contribution in [2.45, 2.75) is 25.7 Å². The van der Waals surface area contributed by atoms with Gasteiger partial charge in [-0.3, -0.25) is 0 Å². The van der Waals surface area contributed by atoms with Crippen LogP contribution in [0, 0.1) is 11.8 Å². The van der Waals surface area contributed by atoms with Gasteiger partial charge in [-0.25, -0.2) is 0 Å². The van der Waals surface area contributed by atoms with Gasteiger partial charge in [0.1, 0.15) is 0 Å². The lowest BCUT2D eigenvalue weighted by Gasteiger charge is -2.15. The second-order valence-corrected chi connectivity index (χ2v) is 8.48. The maximum absolute atomic E-state index is 2.41. The Morgan fingerprint density at radius 1 is 0.533 bits per heavy atom. The van der Waals surface area contributed by atoms with Gasteiger partial charge in [0.05, 0.1) is 0 Å². The van der Waals surface area contributed by atoms with Gasteiger partial charge in [-0.05, 0) is 59.1 Å². The molecule has 2 aromatic rings. The van der Waals surface area contributed by atoms with E-state index in [1.54, 1.807) is 0 Å².